The first kappa shape index (κ1) is 10.9. The van der Waals surface area contributed by atoms with E-state index < -0.39 is 0 Å². The standard InChI is InChI=1S/C18H17NO/c1-2-4-14-11(3-1)10-15-16-12(5-7-19-15)9-13-6-8-20-18(13)17(14)16/h1-4,9,15,19H,5-8,10H2. The van der Waals surface area contributed by atoms with Crippen molar-refractivity contribution in [3.8, 4) is 16.9 Å². The molecule has 2 heteroatoms. The van der Waals surface area contributed by atoms with Crippen LogP contribution in [-0.2, 0) is 19.3 Å². The SMILES string of the molecule is c1ccc2c(c1)CC1NCCc3cc4c(c-2c31)OCC4. The molecule has 2 aromatic rings. The molecule has 5 rings (SSSR count). The lowest BCUT2D eigenvalue weighted by molar-refractivity contribution is 0.356. The Bertz CT molecular complexity index is 720. The zero-order chi connectivity index (χ0) is 13.1. The maximum atomic E-state index is 6.00. The number of hydrogen-bond acceptors (Lipinski definition) is 2. The smallest absolute Gasteiger partial charge is 0.130 e. The number of benzene rings is 2. The first-order valence-electron chi connectivity index (χ1n) is 7.55. The second-order valence-electron chi connectivity index (χ2n) is 6.03. The largest absolute Gasteiger partial charge is 0.492 e. The van der Waals surface area contributed by atoms with E-state index in [4.69, 9.17) is 4.74 Å². The Labute approximate surface area is 118 Å². The molecule has 2 heterocycles. The normalized spacial score (nSPS) is 21.7. The third-order valence-corrected chi connectivity index (χ3v) is 4.94. The number of hydrogen-bond donors (Lipinski definition) is 1. The molecule has 0 bridgehead atoms. The van der Waals surface area contributed by atoms with E-state index in [1.54, 1.807) is 5.56 Å². The van der Waals surface area contributed by atoms with Gasteiger partial charge in [0.15, 0.2) is 0 Å². The lowest BCUT2D eigenvalue weighted by Crippen LogP contribution is -2.33. The van der Waals surface area contributed by atoms with Crippen molar-refractivity contribution < 1.29 is 4.74 Å². The molecule has 1 unspecified atom stereocenters. The number of fused-ring (bicyclic) bond motifs is 4. The lowest BCUT2D eigenvalue weighted by Gasteiger charge is -2.35. The average molecular weight is 263 g/mol. The van der Waals surface area contributed by atoms with Gasteiger partial charge in [-0.05, 0) is 47.2 Å². The number of ether oxygens (including phenoxy) is 1. The fourth-order valence-corrected chi connectivity index (χ4v) is 4.10. The highest BCUT2D eigenvalue weighted by Crippen LogP contribution is 2.49. The van der Waals surface area contributed by atoms with Crippen LogP contribution >= 0.6 is 0 Å². The summed E-state index contributed by atoms with van der Waals surface area (Å²) in [6, 6.07) is 11.7. The van der Waals surface area contributed by atoms with Gasteiger partial charge in [0.05, 0.1) is 6.61 Å². The van der Waals surface area contributed by atoms with Crippen LogP contribution in [0.5, 0.6) is 5.75 Å². The molecule has 1 aliphatic carbocycles. The molecule has 0 saturated carbocycles. The highest BCUT2D eigenvalue weighted by molar-refractivity contribution is 5.82. The van der Waals surface area contributed by atoms with Crippen molar-refractivity contribution in [2.45, 2.75) is 25.3 Å². The van der Waals surface area contributed by atoms with Crippen molar-refractivity contribution in [3.63, 3.8) is 0 Å². The minimum atomic E-state index is 0.471. The fourth-order valence-electron chi connectivity index (χ4n) is 4.10. The predicted octanol–water partition coefficient (Wildman–Crippen LogP) is 3.03. The molecule has 0 saturated heterocycles. The first-order chi connectivity index (χ1) is 9.92. The topological polar surface area (TPSA) is 21.3 Å². The van der Waals surface area contributed by atoms with Gasteiger partial charge < -0.3 is 10.1 Å². The Morgan fingerprint density at radius 2 is 2.00 bits per heavy atom. The quantitative estimate of drug-likeness (QED) is 0.789. The van der Waals surface area contributed by atoms with Gasteiger partial charge in [-0.25, -0.2) is 0 Å². The van der Waals surface area contributed by atoms with Crippen molar-refractivity contribution in [3.05, 3.63) is 52.6 Å². The molecule has 2 aromatic carbocycles. The monoisotopic (exact) mass is 263 g/mol. The van der Waals surface area contributed by atoms with Crippen LogP contribution in [0.2, 0.25) is 0 Å². The summed E-state index contributed by atoms with van der Waals surface area (Å²) in [5, 5.41) is 3.69. The number of rotatable bonds is 0. The third kappa shape index (κ3) is 1.32. The summed E-state index contributed by atoms with van der Waals surface area (Å²) in [6.07, 6.45) is 3.32. The van der Waals surface area contributed by atoms with E-state index in [2.05, 4.69) is 35.6 Å². The van der Waals surface area contributed by atoms with Crippen molar-refractivity contribution in [1.29, 1.82) is 0 Å². The van der Waals surface area contributed by atoms with Gasteiger partial charge in [0, 0.05) is 18.0 Å². The first-order valence-corrected chi connectivity index (χ1v) is 7.55. The molecule has 0 radical (unpaired) electrons. The van der Waals surface area contributed by atoms with Crippen molar-refractivity contribution >= 4 is 0 Å². The molecule has 0 aromatic heterocycles. The summed E-state index contributed by atoms with van der Waals surface area (Å²) in [5.41, 5.74) is 8.69. The zero-order valence-corrected chi connectivity index (χ0v) is 11.4. The van der Waals surface area contributed by atoms with Crippen LogP contribution in [0.3, 0.4) is 0 Å². The molecule has 1 N–H and O–H groups in total. The molecule has 0 fully saturated rings. The van der Waals surface area contributed by atoms with E-state index in [-0.39, 0.29) is 0 Å². The molecule has 2 nitrogen and oxygen atoms in total. The molecule has 3 aliphatic rings. The van der Waals surface area contributed by atoms with E-state index >= 15 is 0 Å². The summed E-state index contributed by atoms with van der Waals surface area (Å²) in [6.45, 7) is 1.93. The molecule has 0 spiro atoms. The molecule has 0 amide bonds. The lowest BCUT2D eigenvalue weighted by atomic mass is 9.76. The fraction of sp³-hybridized carbons (Fsp3) is 0.333. The maximum Gasteiger partial charge on any atom is 0.130 e. The Morgan fingerprint density at radius 1 is 1.05 bits per heavy atom. The Kier molecular flexibility index (Phi) is 2.11. The van der Waals surface area contributed by atoms with Gasteiger partial charge in [0.25, 0.3) is 0 Å². The summed E-state index contributed by atoms with van der Waals surface area (Å²) < 4.78 is 6.00. The Morgan fingerprint density at radius 3 is 3.00 bits per heavy atom. The van der Waals surface area contributed by atoms with E-state index in [9.17, 15) is 0 Å². The summed E-state index contributed by atoms with van der Waals surface area (Å²) in [7, 11) is 0. The van der Waals surface area contributed by atoms with Crippen LogP contribution < -0.4 is 10.1 Å². The average Bonchev–Trinajstić information content (AvgIpc) is 2.95. The van der Waals surface area contributed by atoms with E-state index in [0.29, 0.717) is 6.04 Å². The maximum absolute atomic E-state index is 6.00. The van der Waals surface area contributed by atoms with Gasteiger partial charge in [-0.2, -0.15) is 0 Å². The van der Waals surface area contributed by atoms with Crippen LogP contribution in [-0.4, -0.2) is 13.2 Å². The van der Waals surface area contributed by atoms with Crippen LogP contribution in [0.15, 0.2) is 30.3 Å². The van der Waals surface area contributed by atoms with Gasteiger partial charge in [0.1, 0.15) is 5.75 Å². The van der Waals surface area contributed by atoms with Crippen molar-refractivity contribution in [2.24, 2.45) is 0 Å². The molecule has 100 valence electrons. The molecular formula is C18H17NO. The highest BCUT2D eigenvalue weighted by atomic mass is 16.5. The van der Waals surface area contributed by atoms with Gasteiger partial charge in [0.2, 0.25) is 0 Å². The second kappa shape index (κ2) is 3.86. The van der Waals surface area contributed by atoms with Crippen LogP contribution in [0, 0.1) is 0 Å². The van der Waals surface area contributed by atoms with Gasteiger partial charge in [-0.15, -0.1) is 0 Å². The summed E-state index contributed by atoms with van der Waals surface area (Å²) in [5.74, 6) is 1.16. The minimum absolute atomic E-state index is 0.471. The van der Waals surface area contributed by atoms with Crippen molar-refractivity contribution in [2.75, 3.05) is 13.2 Å². The van der Waals surface area contributed by atoms with Crippen LogP contribution in [0.25, 0.3) is 11.1 Å². The molecule has 1 atom stereocenters. The van der Waals surface area contributed by atoms with E-state index in [1.807, 2.05) is 0 Å². The zero-order valence-electron chi connectivity index (χ0n) is 11.4. The Balaban J connectivity index is 1.90. The molecule has 20 heavy (non-hydrogen) atoms. The van der Waals surface area contributed by atoms with Gasteiger partial charge >= 0.3 is 0 Å². The second-order valence-corrected chi connectivity index (χ2v) is 6.03. The third-order valence-electron chi connectivity index (χ3n) is 4.94. The number of nitrogens with one attached hydrogen (secondary N) is 1. The van der Waals surface area contributed by atoms with E-state index in [1.165, 1.54) is 27.8 Å². The molecular weight excluding hydrogens is 246 g/mol. The summed E-state index contributed by atoms with van der Waals surface area (Å²) >= 11 is 0. The molecule has 2 aliphatic heterocycles. The van der Waals surface area contributed by atoms with Crippen LogP contribution in [0.1, 0.15) is 28.3 Å². The van der Waals surface area contributed by atoms with Crippen LogP contribution in [0.4, 0.5) is 0 Å². The highest BCUT2D eigenvalue weighted by Gasteiger charge is 2.34. The van der Waals surface area contributed by atoms with E-state index in [0.717, 1.165) is 38.2 Å². The van der Waals surface area contributed by atoms with Gasteiger partial charge in [-0.3, -0.25) is 0 Å². The van der Waals surface area contributed by atoms with Gasteiger partial charge in [-0.1, -0.05) is 30.3 Å². The summed E-state index contributed by atoms with van der Waals surface area (Å²) in [4.78, 5) is 0. The Hall–Kier alpha value is -1.80. The minimum Gasteiger partial charge on any atom is -0.492 e. The van der Waals surface area contributed by atoms with Crippen molar-refractivity contribution in [1.82, 2.24) is 5.32 Å². The predicted molar refractivity (Wildman–Crippen MR) is 79.2 cm³/mol.